The van der Waals surface area contributed by atoms with Gasteiger partial charge in [-0.3, -0.25) is 14.5 Å². The lowest BCUT2D eigenvalue weighted by Gasteiger charge is -2.07. The van der Waals surface area contributed by atoms with E-state index in [1.807, 2.05) is 66.9 Å². The van der Waals surface area contributed by atoms with E-state index in [4.69, 9.17) is 4.74 Å². The fourth-order valence-corrected chi connectivity index (χ4v) is 4.31. The number of H-pyrrole nitrogens is 1. The maximum Gasteiger partial charge on any atom is 0.278 e. The lowest BCUT2D eigenvalue weighted by atomic mass is 10.1. The summed E-state index contributed by atoms with van der Waals surface area (Å²) >= 11 is 0. The molecule has 0 fully saturated rings. The van der Waals surface area contributed by atoms with Crippen molar-refractivity contribution >= 4 is 39.1 Å². The van der Waals surface area contributed by atoms with Gasteiger partial charge in [0.05, 0.1) is 16.6 Å². The van der Waals surface area contributed by atoms with Crippen LogP contribution in [0.15, 0.2) is 66.9 Å². The first-order valence-corrected chi connectivity index (χ1v) is 9.71. The number of fused-ring (bicyclic) bond motifs is 8. The topological polar surface area (TPSA) is 66.8 Å². The van der Waals surface area contributed by atoms with Gasteiger partial charge in [-0.1, -0.05) is 30.3 Å². The zero-order valence-electron chi connectivity index (χ0n) is 16.2. The molecule has 6 nitrogen and oxygen atoms in total. The molecule has 0 radical (unpaired) electrons. The van der Waals surface area contributed by atoms with Crippen LogP contribution in [0.25, 0.3) is 27.3 Å². The number of carbonyl (C=O) groups excluding carboxylic acids is 2. The van der Waals surface area contributed by atoms with Crippen molar-refractivity contribution in [1.82, 2.24) is 14.3 Å². The number of nitrogens with zero attached hydrogens (tertiary/aromatic N) is 2. The Morgan fingerprint density at radius 1 is 0.967 bits per heavy atom. The van der Waals surface area contributed by atoms with Crippen molar-refractivity contribution in [2.45, 2.75) is 6.61 Å². The number of aromatic nitrogens is 2. The highest BCUT2D eigenvalue weighted by Crippen LogP contribution is 2.38. The molecule has 30 heavy (non-hydrogen) atoms. The number of amides is 2. The summed E-state index contributed by atoms with van der Waals surface area (Å²) < 4.78 is 7.79. The van der Waals surface area contributed by atoms with Crippen LogP contribution in [0.1, 0.15) is 26.4 Å². The van der Waals surface area contributed by atoms with E-state index >= 15 is 0 Å². The van der Waals surface area contributed by atoms with Gasteiger partial charge in [0.25, 0.3) is 11.8 Å². The summed E-state index contributed by atoms with van der Waals surface area (Å²) in [5.41, 5.74) is 4.52. The molecular formula is C24H17N3O3. The molecule has 0 atom stereocenters. The van der Waals surface area contributed by atoms with Gasteiger partial charge in [0.1, 0.15) is 18.1 Å². The Morgan fingerprint density at radius 2 is 1.80 bits per heavy atom. The minimum Gasteiger partial charge on any atom is -0.489 e. The van der Waals surface area contributed by atoms with Crippen LogP contribution in [0, 0.1) is 0 Å². The normalized spacial score (nSPS) is 13.7. The highest BCUT2D eigenvalue weighted by molar-refractivity contribution is 6.31. The van der Waals surface area contributed by atoms with Gasteiger partial charge in [0.15, 0.2) is 0 Å². The molecule has 2 amide bonds. The largest absolute Gasteiger partial charge is 0.489 e. The second kappa shape index (κ2) is 5.97. The van der Waals surface area contributed by atoms with E-state index in [1.165, 1.54) is 11.9 Å². The maximum atomic E-state index is 13.0. The van der Waals surface area contributed by atoms with E-state index in [2.05, 4.69) is 4.98 Å². The predicted octanol–water partition coefficient (Wildman–Crippen LogP) is 4.38. The molecule has 6 rings (SSSR count). The van der Waals surface area contributed by atoms with Gasteiger partial charge < -0.3 is 14.1 Å². The molecule has 2 aromatic carbocycles. The number of aromatic amines is 1. The van der Waals surface area contributed by atoms with E-state index in [1.54, 1.807) is 4.40 Å². The second-order valence-corrected chi connectivity index (χ2v) is 7.51. The Hall–Kier alpha value is -4.06. The number of carbonyl (C=O) groups is 2. The van der Waals surface area contributed by atoms with Crippen molar-refractivity contribution < 1.29 is 14.3 Å². The van der Waals surface area contributed by atoms with Gasteiger partial charge in [-0.05, 0) is 35.9 Å². The number of rotatable bonds is 3. The number of ether oxygens (including phenoxy) is 1. The van der Waals surface area contributed by atoms with Crippen LogP contribution in [0.2, 0.25) is 0 Å². The van der Waals surface area contributed by atoms with Gasteiger partial charge in [-0.25, -0.2) is 0 Å². The Balaban J connectivity index is 1.59. The number of hydrogen-bond donors (Lipinski definition) is 1. The maximum absolute atomic E-state index is 13.0. The van der Waals surface area contributed by atoms with Crippen LogP contribution in [0.3, 0.4) is 0 Å². The predicted molar refractivity (Wildman–Crippen MR) is 114 cm³/mol. The third kappa shape index (κ3) is 2.18. The Morgan fingerprint density at radius 3 is 2.63 bits per heavy atom. The van der Waals surface area contributed by atoms with E-state index in [0.717, 1.165) is 32.9 Å². The molecule has 0 unspecified atom stereocenters. The van der Waals surface area contributed by atoms with Gasteiger partial charge >= 0.3 is 0 Å². The average Bonchev–Trinajstić information content (AvgIpc) is 3.45. The summed E-state index contributed by atoms with van der Waals surface area (Å²) in [6.45, 7) is 0.454. The van der Waals surface area contributed by atoms with Crippen molar-refractivity contribution in [2.24, 2.45) is 0 Å². The van der Waals surface area contributed by atoms with Crippen molar-refractivity contribution in [2.75, 3.05) is 7.05 Å². The molecular weight excluding hydrogens is 378 g/mol. The van der Waals surface area contributed by atoms with E-state index in [-0.39, 0.29) is 11.8 Å². The van der Waals surface area contributed by atoms with Gasteiger partial charge in [0.2, 0.25) is 0 Å². The molecule has 0 saturated carbocycles. The minimum atomic E-state index is -0.288. The first-order valence-electron chi connectivity index (χ1n) is 9.71. The monoisotopic (exact) mass is 395 g/mol. The van der Waals surface area contributed by atoms with Crippen LogP contribution in [-0.4, -0.2) is 33.1 Å². The highest BCUT2D eigenvalue weighted by Gasteiger charge is 2.38. The van der Waals surface area contributed by atoms with E-state index in [9.17, 15) is 9.59 Å². The molecule has 146 valence electrons. The lowest BCUT2D eigenvalue weighted by molar-refractivity contribution is 0.0691. The third-order valence-corrected chi connectivity index (χ3v) is 5.78. The standard InChI is InChI=1S/C24H17N3O3/c1-26-23(28)20-19-16-12-15(30-13-14-6-3-2-4-7-14)9-10-17(16)25-21(19)18-8-5-11-27(18)22(20)24(26)29/h2-12,25H,13H2,1H3. The van der Waals surface area contributed by atoms with E-state index in [0.29, 0.717) is 23.6 Å². The summed E-state index contributed by atoms with van der Waals surface area (Å²) in [5, 5.41) is 1.63. The molecule has 4 heterocycles. The third-order valence-electron chi connectivity index (χ3n) is 5.78. The van der Waals surface area contributed by atoms with Gasteiger partial charge in [-0.2, -0.15) is 0 Å². The quantitative estimate of drug-likeness (QED) is 0.461. The van der Waals surface area contributed by atoms with Crippen molar-refractivity contribution in [3.63, 3.8) is 0 Å². The van der Waals surface area contributed by atoms with Crippen molar-refractivity contribution in [3.8, 4) is 5.75 Å². The van der Waals surface area contributed by atoms with Crippen molar-refractivity contribution in [1.29, 1.82) is 0 Å². The number of imide groups is 1. The van der Waals surface area contributed by atoms with Crippen LogP contribution < -0.4 is 4.74 Å². The number of benzene rings is 2. The second-order valence-electron chi connectivity index (χ2n) is 7.51. The first-order chi connectivity index (χ1) is 14.6. The Labute approximate surface area is 171 Å². The molecule has 1 aliphatic heterocycles. The van der Waals surface area contributed by atoms with Crippen LogP contribution in [-0.2, 0) is 6.61 Å². The molecule has 0 saturated heterocycles. The fourth-order valence-electron chi connectivity index (χ4n) is 4.31. The zero-order valence-corrected chi connectivity index (χ0v) is 16.2. The summed E-state index contributed by atoms with van der Waals surface area (Å²) in [6.07, 6.45) is 1.82. The Bertz CT molecular complexity index is 1490. The van der Waals surface area contributed by atoms with Crippen LogP contribution in [0.5, 0.6) is 5.75 Å². The molecule has 3 aromatic heterocycles. The van der Waals surface area contributed by atoms with Crippen molar-refractivity contribution in [3.05, 3.63) is 83.7 Å². The summed E-state index contributed by atoms with van der Waals surface area (Å²) in [6, 6.07) is 19.6. The minimum absolute atomic E-state index is 0.285. The molecule has 0 bridgehead atoms. The van der Waals surface area contributed by atoms with E-state index < -0.39 is 0 Å². The summed E-state index contributed by atoms with van der Waals surface area (Å²) in [4.78, 5) is 30.4. The van der Waals surface area contributed by atoms with Crippen LogP contribution in [0.4, 0.5) is 0 Å². The Kier molecular flexibility index (Phi) is 3.35. The average molecular weight is 395 g/mol. The number of pyridine rings is 1. The smallest absolute Gasteiger partial charge is 0.278 e. The molecule has 0 aliphatic carbocycles. The number of nitrogens with one attached hydrogen (secondary N) is 1. The van der Waals surface area contributed by atoms with Crippen LogP contribution >= 0.6 is 0 Å². The zero-order chi connectivity index (χ0) is 20.4. The number of hydrogen-bond acceptors (Lipinski definition) is 3. The summed E-state index contributed by atoms with van der Waals surface area (Å²) in [7, 11) is 1.52. The van der Waals surface area contributed by atoms with Gasteiger partial charge in [-0.15, -0.1) is 0 Å². The molecule has 0 spiro atoms. The lowest BCUT2D eigenvalue weighted by Crippen LogP contribution is -2.24. The summed E-state index contributed by atoms with van der Waals surface area (Å²) in [5.74, 6) is 0.137. The molecule has 5 aromatic rings. The molecule has 1 aliphatic rings. The highest BCUT2D eigenvalue weighted by atomic mass is 16.5. The SMILES string of the molecule is CN1C(=O)c2c(n3cccc3c3[nH]c4ccc(OCc5ccccc5)cc4c23)C1=O. The first kappa shape index (κ1) is 16.9. The van der Waals surface area contributed by atoms with Gasteiger partial charge in [0, 0.05) is 29.5 Å². The molecule has 1 N–H and O–H groups in total. The fraction of sp³-hybridized carbons (Fsp3) is 0.0833. The molecule has 6 heteroatoms.